The van der Waals surface area contributed by atoms with E-state index in [1.807, 2.05) is 18.2 Å². The van der Waals surface area contributed by atoms with Crippen molar-refractivity contribution < 1.29 is 23.4 Å². The van der Waals surface area contributed by atoms with Crippen LogP contribution in [0.2, 0.25) is 0 Å². The summed E-state index contributed by atoms with van der Waals surface area (Å²) in [5.74, 6) is 3.01. The smallest absolute Gasteiger partial charge is 0.264 e. The van der Waals surface area contributed by atoms with E-state index in [1.165, 1.54) is 0 Å². The minimum Gasteiger partial charge on any atom is -0.628 e. The van der Waals surface area contributed by atoms with Crippen LogP contribution in [-0.4, -0.2) is 20.0 Å². The first-order chi connectivity index (χ1) is 8.70. The van der Waals surface area contributed by atoms with Gasteiger partial charge >= 0.3 is 0 Å². The maximum absolute atomic E-state index is 12.1. The molecule has 0 saturated carbocycles. The van der Waals surface area contributed by atoms with E-state index in [4.69, 9.17) is 18.5 Å². The fourth-order valence-electron chi connectivity index (χ4n) is 1.93. The van der Waals surface area contributed by atoms with E-state index >= 15 is 0 Å². The summed E-state index contributed by atoms with van der Waals surface area (Å²) in [5, 5.41) is 0. The minimum absolute atomic E-state index is 0.242. The van der Waals surface area contributed by atoms with Gasteiger partial charge in [0, 0.05) is 5.57 Å². The molecule has 0 aliphatic carbocycles. The minimum atomic E-state index is -3.05. The van der Waals surface area contributed by atoms with Crippen LogP contribution >= 0.6 is 7.94 Å². The summed E-state index contributed by atoms with van der Waals surface area (Å²) in [6, 6.07) is 5.59. The number of ether oxygens (including phenoxy) is 2. The Morgan fingerprint density at radius 3 is 3.00 bits per heavy atom. The SMILES string of the molecule is CCO[P+]1([O-])C=C(c2ccc3c(c2)OCO3)CO1. The number of benzene rings is 1. The van der Waals surface area contributed by atoms with Crippen molar-refractivity contribution in [3.8, 4) is 11.5 Å². The molecule has 0 N–H and O–H groups in total. The second kappa shape index (κ2) is 4.52. The van der Waals surface area contributed by atoms with Crippen LogP contribution in [0.15, 0.2) is 24.0 Å². The maximum atomic E-state index is 12.1. The Balaban J connectivity index is 1.88. The van der Waals surface area contributed by atoms with Gasteiger partial charge in [0.25, 0.3) is 7.94 Å². The molecule has 96 valence electrons. The van der Waals surface area contributed by atoms with E-state index in [9.17, 15) is 4.89 Å². The van der Waals surface area contributed by atoms with Gasteiger partial charge in [-0.1, -0.05) is 6.07 Å². The van der Waals surface area contributed by atoms with Crippen LogP contribution in [0, 0.1) is 0 Å². The first kappa shape index (κ1) is 11.9. The molecule has 18 heavy (non-hydrogen) atoms. The molecule has 1 aromatic rings. The predicted molar refractivity (Wildman–Crippen MR) is 65.0 cm³/mol. The highest BCUT2D eigenvalue weighted by Crippen LogP contribution is 2.60. The van der Waals surface area contributed by atoms with Crippen LogP contribution in [0.5, 0.6) is 11.5 Å². The van der Waals surface area contributed by atoms with Crippen LogP contribution in [-0.2, 0) is 9.05 Å². The van der Waals surface area contributed by atoms with Crippen molar-refractivity contribution >= 4 is 13.5 Å². The summed E-state index contributed by atoms with van der Waals surface area (Å²) < 4.78 is 20.9. The zero-order valence-electron chi connectivity index (χ0n) is 9.92. The molecule has 2 aliphatic heterocycles. The second-order valence-corrected chi connectivity index (χ2v) is 5.81. The summed E-state index contributed by atoms with van der Waals surface area (Å²) in [4.78, 5) is 12.1. The Labute approximate surface area is 106 Å². The molecule has 6 heteroatoms. The monoisotopic (exact) mass is 268 g/mol. The van der Waals surface area contributed by atoms with Gasteiger partial charge in [0.2, 0.25) is 6.79 Å². The quantitative estimate of drug-likeness (QED) is 0.784. The van der Waals surface area contributed by atoms with Gasteiger partial charge in [-0.3, -0.25) is 0 Å². The molecular weight excluding hydrogens is 255 g/mol. The van der Waals surface area contributed by atoms with Crippen LogP contribution in [0.3, 0.4) is 0 Å². The Morgan fingerprint density at radius 1 is 1.33 bits per heavy atom. The third-order valence-electron chi connectivity index (χ3n) is 2.77. The Hall–Kier alpha value is -1.13. The van der Waals surface area contributed by atoms with Gasteiger partial charge in [0.1, 0.15) is 12.4 Å². The van der Waals surface area contributed by atoms with Gasteiger partial charge in [0.15, 0.2) is 11.5 Å². The third kappa shape index (κ3) is 2.10. The molecule has 0 spiro atoms. The molecule has 1 atom stereocenters. The Bertz CT molecular complexity index is 501. The van der Waals surface area contributed by atoms with Crippen molar-refractivity contribution in [3.05, 3.63) is 29.6 Å². The first-order valence-electron chi connectivity index (χ1n) is 5.71. The molecule has 5 nitrogen and oxygen atoms in total. The Morgan fingerprint density at radius 2 is 2.17 bits per heavy atom. The van der Waals surface area contributed by atoms with Crippen molar-refractivity contribution in [3.63, 3.8) is 0 Å². The number of hydrogen-bond donors (Lipinski definition) is 0. The van der Waals surface area contributed by atoms with Gasteiger partial charge in [-0.25, -0.2) is 9.05 Å². The molecule has 0 amide bonds. The van der Waals surface area contributed by atoms with E-state index in [0.717, 1.165) is 16.9 Å². The van der Waals surface area contributed by atoms with Crippen molar-refractivity contribution in [2.24, 2.45) is 0 Å². The van der Waals surface area contributed by atoms with Gasteiger partial charge in [-0.05, 0) is 24.6 Å². The molecule has 0 radical (unpaired) electrons. The third-order valence-corrected chi connectivity index (χ3v) is 4.50. The largest absolute Gasteiger partial charge is 0.628 e. The van der Waals surface area contributed by atoms with E-state index in [1.54, 1.807) is 12.7 Å². The summed E-state index contributed by atoms with van der Waals surface area (Å²) in [5.41, 5.74) is 1.77. The highest BCUT2D eigenvalue weighted by Gasteiger charge is 2.35. The lowest BCUT2D eigenvalue weighted by Crippen LogP contribution is -2.10. The number of rotatable bonds is 3. The van der Waals surface area contributed by atoms with Crippen molar-refractivity contribution in [2.45, 2.75) is 6.92 Å². The summed E-state index contributed by atoms with van der Waals surface area (Å²) in [7, 11) is -3.05. The molecule has 0 bridgehead atoms. The van der Waals surface area contributed by atoms with Crippen molar-refractivity contribution in [1.82, 2.24) is 0 Å². The van der Waals surface area contributed by atoms with E-state index in [-0.39, 0.29) is 13.4 Å². The molecule has 0 saturated heterocycles. The highest BCUT2D eigenvalue weighted by molar-refractivity contribution is 7.63. The Kier molecular flexibility index (Phi) is 2.99. The maximum Gasteiger partial charge on any atom is 0.264 e. The van der Waals surface area contributed by atoms with E-state index in [2.05, 4.69) is 0 Å². The predicted octanol–water partition coefficient (Wildman–Crippen LogP) is 1.95. The van der Waals surface area contributed by atoms with Gasteiger partial charge in [-0.15, -0.1) is 0 Å². The molecule has 3 rings (SSSR count). The van der Waals surface area contributed by atoms with Crippen molar-refractivity contribution in [1.29, 1.82) is 0 Å². The molecule has 2 aliphatic rings. The van der Waals surface area contributed by atoms with Crippen LogP contribution in [0.25, 0.3) is 5.57 Å². The zero-order valence-corrected chi connectivity index (χ0v) is 10.8. The first-order valence-corrected chi connectivity index (χ1v) is 7.32. The highest BCUT2D eigenvalue weighted by atomic mass is 31.2. The average Bonchev–Trinajstić information content (AvgIpc) is 2.95. The second-order valence-electron chi connectivity index (χ2n) is 3.95. The van der Waals surface area contributed by atoms with Crippen LogP contribution in [0.4, 0.5) is 0 Å². The molecular formula is C12H13O5P. The normalized spacial score (nSPS) is 25.3. The lowest BCUT2D eigenvalue weighted by molar-refractivity contribution is -0.211. The molecule has 2 heterocycles. The summed E-state index contributed by atoms with van der Waals surface area (Å²) >= 11 is 0. The summed E-state index contributed by atoms with van der Waals surface area (Å²) in [6.45, 7) is 2.68. The molecule has 0 fully saturated rings. The fourth-order valence-corrected chi connectivity index (χ4v) is 3.44. The van der Waals surface area contributed by atoms with Crippen molar-refractivity contribution in [2.75, 3.05) is 20.0 Å². The van der Waals surface area contributed by atoms with E-state index in [0.29, 0.717) is 12.4 Å². The van der Waals surface area contributed by atoms with Gasteiger partial charge < -0.3 is 14.4 Å². The summed E-state index contributed by atoms with van der Waals surface area (Å²) in [6.07, 6.45) is 0. The molecule has 1 unspecified atom stereocenters. The lowest BCUT2D eigenvalue weighted by Gasteiger charge is -2.17. The van der Waals surface area contributed by atoms with E-state index < -0.39 is 7.94 Å². The number of hydrogen-bond acceptors (Lipinski definition) is 5. The average molecular weight is 268 g/mol. The van der Waals surface area contributed by atoms with Crippen LogP contribution in [0.1, 0.15) is 12.5 Å². The topological polar surface area (TPSA) is 60.0 Å². The molecule has 0 aromatic heterocycles. The standard InChI is InChI=1S/C12H13O5P/c1-2-16-18(13)7-10(6-17-18)9-3-4-11-12(5-9)15-8-14-11/h3-5,7H,2,6,8H2,1H3. The van der Waals surface area contributed by atoms with Gasteiger partial charge in [0.05, 0.1) is 6.61 Å². The molecule has 1 aromatic carbocycles. The fraction of sp³-hybridized carbons (Fsp3) is 0.333. The lowest BCUT2D eigenvalue weighted by atomic mass is 10.1. The van der Waals surface area contributed by atoms with Crippen LogP contribution < -0.4 is 14.4 Å². The zero-order chi connectivity index (χ0) is 12.6. The number of fused-ring (bicyclic) bond motifs is 1. The van der Waals surface area contributed by atoms with Gasteiger partial charge in [-0.2, -0.15) is 0 Å².